The summed E-state index contributed by atoms with van der Waals surface area (Å²) in [5.74, 6) is 0.277. The maximum absolute atomic E-state index is 10.7. The van der Waals surface area contributed by atoms with Crippen LogP contribution in [0.25, 0.3) is 10.9 Å². The molecule has 1 N–H and O–H groups in total. The molecule has 1 aromatic carbocycles. The molecular formula is C11H11NO2. The fraction of sp³-hybridized carbons (Fsp3) is 0.182. The van der Waals surface area contributed by atoms with Gasteiger partial charge in [0, 0.05) is 30.1 Å². The minimum atomic E-state index is -0.298. The number of aromatic amines is 1. The molecule has 3 nitrogen and oxygen atoms in total. The van der Waals surface area contributed by atoms with Gasteiger partial charge < -0.3 is 9.72 Å². The lowest BCUT2D eigenvalue weighted by molar-refractivity contribution is -0.131. The third kappa shape index (κ3) is 1.48. The van der Waals surface area contributed by atoms with Crippen molar-refractivity contribution in [3.63, 3.8) is 0 Å². The molecule has 0 aliphatic carbocycles. The molecule has 72 valence electrons. The van der Waals surface area contributed by atoms with Crippen LogP contribution in [-0.4, -0.2) is 11.0 Å². The average Bonchev–Trinajstić information content (AvgIpc) is 2.46. The lowest BCUT2D eigenvalue weighted by Gasteiger charge is -2.00. The van der Waals surface area contributed by atoms with E-state index in [0.717, 1.165) is 10.9 Å². The van der Waals surface area contributed by atoms with Crippen molar-refractivity contribution in [1.82, 2.24) is 4.98 Å². The van der Waals surface area contributed by atoms with E-state index >= 15 is 0 Å². The van der Waals surface area contributed by atoms with Gasteiger partial charge in [0.15, 0.2) is 0 Å². The van der Waals surface area contributed by atoms with Gasteiger partial charge in [-0.3, -0.25) is 4.79 Å². The summed E-state index contributed by atoms with van der Waals surface area (Å²) < 4.78 is 4.97. The Labute approximate surface area is 81.7 Å². The highest BCUT2D eigenvalue weighted by atomic mass is 16.5. The zero-order valence-electron chi connectivity index (χ0n) is 8.13. The molecule has 1 heterocycles. The molecule has 1 aromatic heterocycles. The average molecular weight is 189 g/mol. The Balaban J connectivity index is 2.46. The van der Waals surface area contributed by atoms with E-state index < -0.39 is 0 Å². The second kappa shape index (κ2) is 3.18. The van der Waals surface area contributed by atoms with Crippen LogP contribution in [0.2, 0.25) is 0 Å². The summed E-state index contributed by atoms with van der Waals surface area (Å²) >= 11 is 0. The van der Waals surface area contributed by atoms with E-state index in [4.69, 9.17) is 4.74 Å². The van der Waals surface area contributed by atoms with Crippen LogP contribution in [-0.2, 0) is 4.79 Å². The van der Waals surface area contributed by atoms with Crippen molar-refractivity contribution in [2.75, 3.05) is 0 Å². The smallest absolute Gasteiger partial charge is 0.308 e. The lowest BCUT2D eigenvalue weighted by Crippen LogP contribution is -2.00. The Hall–Kier alpha value is -1.77. The molecule has 0 radical (unpaired) electrons. The van der Waals surface area contributed by atoms with Gasteiger partial charge in [0.2, 0.25) is 0 Å². The van der Waals surface area contributed by atoms with E-state index in [9.17, 15) is 4.79 Å². The standard InChI is InChI=1S/C11H11NO2/c1-7-6-12-11-5-9(14-8(2)13)3-4-10(7)11/h3-6,12H,1-2H3. The predicted molar refractivity (Wildman–Crippen MR) is 54.3 cm³/mol. The van der Waals surface area contributed by atoms with Crippen LogP contribution in [0.3, 0.4) is 0 Å². The Morgan fingerprint density at radius 2 is 2.21 bits per heavy atom. The molecule has 0 fully saturated rings. The molecule has 0 unspecified atom stereocenters. The molecule has 0 bridgehead atoms. The number of aryl methyl sites for hydroxylation is 1. The van der Waals surface area contributed by atoms with E-state index in [1.54, 1.807) is 6.07 Å². The molecule has 0 aliphatic rings. The van der Waals surface area contributed by atoms with Crippen molar-refractivity contribution in [2.45, 2.75) is 13.8 Å². The Morgan fingerprint density at radius 1 is 1.43 bits per heavy atom. The first kappa shape index (κ1) is 8.81. The molecule has 3 heteroatoms. The number of esters is 1. The molecule has 0 spiro atoms. The highest BCUT2D eigenvalue weighted by molar-refractivity contribution is 5.84. The number of carbonyl (C=O) groups is 1. The number of hydrogen-bond donors (Lipinski definition) is 1. The minimum Gasteiger partial charge on any atom is -0.427 e. The molecule has 14 heavy (non-hydrogen) atoms. The highest BCUT2D eigenvalue weighted by Gasteiger charge is 2.02. The molecule has 2 aromatic rings. The van der Waals surface area contributed by atoms with Crippen molar-refractivity contribution < 1.29 is 9.53 Å². The highest BCUT2D eigenvalue weighted by Crippen LogP contribution is 2.22. The zero-order chi connectivity index (χ0) is 10.1. The van der Waals surface area contributed by atoms with E-state index in [0.29, 0.717) is 5.75 Å². The van der Waals surface area contributed by atoms with Crippen molar-refractivity contribution in [1.29, 1.82) is 0 Å². The van der Waals surface area contributed by atoms with Gasteiger partial charge >= 0.3 is 5.97 Å². The monoisotopic (exact) mass is 189 g/mol. The number of fused-ring (bicyclic) bond motifs is 1. The lowest BCUT2D eigenvalue weighted by atomic mass is 10.2. The number of carbonyl (C=O) groups excluding carboxylic acids is 1. The third-order valence-corrected chi connectivity index (χ3v) is 2.12. The van der Waals surface area contributed by atoms with Gasteiger partial charge in [-0.05, 0) is 24.6 Å². The Morgan fingerprint density at radius 3 is 2.93 bits per heavy atom. The van der Waals surface area contributed by atoms with Gasteiger partial charge in [-0.1, -0.05) is 0 Å². The quantitative estimate of drug-likeness (QED) is 0.553. The second-order valence-corrected chi connectivity index (χ2v) is 3.27. The number of H-pyrrole nitrogens is 1. The first-order valence-corrected chi connectivity index (χ1v) is 4.43. The molecular weight excluding hydrogens is 178 g/mol. The summed E-state index contributed by atoms with van der Waals surface area (Å²) in [5.41, 5.74) is 2.18. The van der Waals surface area contributed by atoms with Crippen LogP contribution < -0.4 is 4.74 Å². The topological polar surface area (TPSA) is 42.1 Å². The first-order valence-electron chi connectivity index (χ1n) is 4.43. The van der Waals surface area contributed by atoms with Crippen molar-refractivity contribution in [3.8, 4) is 5.75 Å². The summed E-state index contributed by atoms with van der Waals surface area (Å²) in [6, 6.07) is 5.56. The molecule has 2 rings (SSSR count). The van der Waals surface area contributed by atoms with Gasteiger partial charge in [-0.15, -0.1) is 0 Å². The minimum absolute atomic E-state index is 0.298. The fourth-order valence-electron chi connectivity index (χ4n) is 1.48. The van der Waals surface area contributed by atoms with E-state index in [-0.39, 0.29) is 5.97 Å². The summed E-state index contributed by atoms with van der Waals surface area (Å²) in [6.45, 7) is 3.43. The summed E-state index contributed by atoms with van der Waals surface area (Å²) in [6.07, 6.45) is 1.93. The molecule has 0 saturated carbocycles. The number of ether oxygens (including phenoxy) is 1. The number of benzene rings is 1. The van der Waals surface area contributed by atoms with Gasteiger partial charge in [0.05, 0.1) is 0 Å². The van der Waals surface area contributed by atoms with Crippen molar-refractivity contribution in [3.05, 3.63) is 30.0 Å². The molecule has 0 aliphatic heterocycles. The third-order valence-electron chi connectivity index (χ3n) is 2.12. The van der Waals surface area contributed by atoms with Gasteiger partial charge in [0.1, 0.15) is 5.75 Å². The van der Waals surface area contributed by atoms with Crippen molar-refractivity contribution >= 4 is 16.9 Å². The second-order valence-electron chi connectivity index (χ2n) is 3.27. The van der Waals surface area contributed by atoms with Crippen LogP contribution in [0, 0.1) is 6.92 Å². The van der Waals surface area contributed by atoms with E-state index in [2.05, 4.69) is 4.98 Å². The zero-order valence-corrected chi connectivity index (χ0v) is 8.13. The molecule has 0 saturated heterocycles. The van der Waals surface area contributed by atoms with Gasteiger partial charge in [0.25, 0.3) is 0 Å². The van der Waals surface area contributed by atoms with Crippen LogP contribution in [0.15, 0.2) is 24.4 Å². The number of rotatable bonds is 1. The summed E-state index contributed by atoms with van der Waals surface area (Å²) in [7, 11) is 0. The van der Waals surface area contributed by atoms with Crippen LogP contribution >= 0.6 is 0 Å². The molecule has 0 atom stereocenters. The summed E-state index contributed by atoms with van der Waals surface area (Å²) in [5, 5.41) is 1.15. The fourth-order valence-corrected chi connectivity index (χ4v) is 1.48. The maximum atomic E-state index is 10.7. The van der Waals surface area contributed by atoms with Gasteiger partial charge in [-0.2, -0.15) is 0 Å². The van der Waals surface area contributed by atoms with Crippen LogP contribution in [0.5, 0.6) is 5.75 Å². The van der Waals surface area contributed by atoms with Crippen molar-refractivity contribution in [2.24, 2.45) is 0 Å². The first-order chi connectivity index (χ1) is 6.66. The largest absolute Gasteiger partial charge is 0.427 e. The number of hydrogen-bond acceptors (Lipinski definition) is 2. The van der Waals surface area contributed by atoms with Crippen LogP contribution in [0.1, 0.15) is 12.5 Å². The normalized spacial score (nSPS) is 10.4. The summed E-state index contributed by atoms with van der Waals surface area (Å²) in [4.78, 5) is 13.8. The maximum Gasteiger partial charge on any atom is 0.308 e. The predicted octanol–water partition coefficient (Wildman–Crippen LogP) is 2.40. The van der Waals surface area contributed by atoms with E-state index in [1.165, 1.54) is 12.5 Å². The van der Waals surface area contributed by atoms with E-state index in [1.807, 2.05) is 25.3 Å². The number of aromatic nitrogens is 1. The van der Waals surface area contributed by atoms with Gasteiger partial charge in [-0.25, -0.2) is 0 Å². The SMILES string of the molecule is CC(=O)Oc1ccc2c(C)c[nH]c2c1. The number of nitrogens with one attached hydrogen (secondary N) is 1. The Bertz CT molecular complexity index is 485. The molecule has 0 amide bonds. The van der Waals surface area contributed by atoms with Crippen LogP contribution in [0.4, 0.5) is 0 Å². The Kier molecular flexibility index (Phi) is 2.00.